The van der Waals surface area contributed by atoms with Gasteiger partial charge in [0.05, 0.1) is 10.5 Å². The molecule has 0 saturated heterocycles. The summed E-state index contributed by atoms with van der Waals surface area (Å²) in [5, 5.41) is 0. The molecular formula is C8H7F3O2S. The first-order valence-electron chi connectivity index (χ1n) is 3.61. The summed E-state index contributed by atoms with van der Waals surface area (Å²) in [7, 11) is 0. The monoisotopic (exact) mass is 224 g/mol. The molecule has 0 radical (unpaired) electrons. The zero-order chi connectivity index (χ0) is 10.9. The Morgan fingerprint density at radius 3 is 2.29 bits per heavy atom. The Kier molecular flexibility index (Phi) is 2.96. The van der Waals surface area contributed by atoms with Crippen LogP contribution in [0.2, 0.25) is 0 Å². The summed E-state index contributed by atoms with van der Waals surface area (Å²) in [6.07, 6.45) is -4.42. The SMILES string of the molecule is Cc1cc(S(=O)O)ccc1C(F)(F)F. The molecule has 0 aromatic heterocycles. The van der Waals surface area contributed by atoms with Crippen molar-refractivity contribution in [3.05, 3.63) is 29.3 Å². The number of rotatable bonds is 1. The van der Waals surface area contributed by atoms with E-state index in [0.29, 0.717) is 0 Å². The molecule has 6 heteroatoms. The fraction of sp³-hybridized carbons (Fsp3) is 0.250. The fourth-order valence-electron chi connectivity index (χ4n) is 1.06. The summed E-state index contributed by atoms with van der Waals surface area (Å²) in [5.74, 6) is 0. The molecule has 1 atom stereocenters. The molecule has 1 N–H and O–H groups in total. The van der Waals surface area contributed by atoms with Gasteiger partial charge in [0.25, 0.3) is 0 Å². The third kappa shape index (κ3) is 2.33. The number of halogens is 3. The highest BCUT2D eigenvalue weighted by molar-refractivity contribution is 7.79. The van der Waals surface area contributed by atoms with Gasteiger partial charge >= 0.3 is 6.18 Å². The van der Waals surface area contributed by atoms with Gasteiger partial charge in [-0.2, -0.15) is 13.2 Å². The predicted octanol–water partition coefficient (Wildman–Crippen LogP) is 2.59. The molecular weight excluding hydrogens is 217 g/mol. The maximum atomic E-state index is 12.2. The van der Waals surface area contributed by atoms with Gasteiger partial charge in [-0.05, 0) is 30.7 Å². The molecule has 1 unspecified atom stereocenters. The highest BCUT2D eigenvalue weighted by Crippen LogP contribution is 2.32. The van der Waals surface area contributed by atoms with Gasteiger partial charge < -0.3 is 4.55 Å². The number of alkyl halides is 3. The van der Waals surface area contributed by atoms with E-state index in [1.165, 1.54) is 6.92 Å². The van der Waals surface area contributed by atoms with E-state index in [0.717, 1.165) is 18.2 Å². The molecule has 0 bridgehead atoms. The summed E-state index contributed by atoms with van der Waals surface area (Å²) >= 11 is -2.24. The molecule has 0 aliphatic heterocycles. The van der Waals surface area contributed by atoms with Crippen LogP contribution in [0.4, 0.5) is 13.2 Å². The van der Waals surface area contributed by atoms with Gasteiger partial charge in [0.15, 0.2) is 11.1 Å². The Morgan fingerprint density at radius 1 is 1.36 bits per heavy atom. The van der Waals surface area contributed by atoms with Crippen LogP contribution in [-0.2, 0) is 17.3 Å². The molecule has 0 amide bonds. The van der Waals surface area contributed by atoms with E-state index >= 15 is 0 Å². The minimum absolute atomic E-state index is 0.0319. The Morgan fingerprint density at radius 2 is 1.93 bits per heavy atom. The molecule has 78 valence electrons. The smallest absolute Gasteiger partial charge is 0.302 e. The molecule has 1 rings (SSSR count). The summed E-state index contributed by atoms with van der Waals surface area (Å²) in [4.78, 5) is -0.0319. The summed E-state index contributed by atoms with van der Waals surface area (Å²) in [6, 6.07) is 2.85. The van der Waals surface area contributed by atoms with Gasteiger partial charge in [0.2, 0.25) is 0 Å². The standard InChI is InChI=1S/C8H7F3O2S/c1-5-4-6(14(12)13)2-3-7(5)8(9,10)11/h2-4H,1H3,(H,12,13). The van der Waals surface area contributed by atoms with Crippen LogP contribution in [0.15, 0.2) is 23.1 Å². The molecule has 2 nitrogen and oxygen atoms in total. The minimum atomic E-state index is -4.42. The molecule has 0 heterocycles. The van der Waals surface area contributed by atoms with Crippen molar-refractivity contribution in [1.82, 2.24) is 0 Å². The third-order valence-corrected chi connectivity index (χ3v) is 2.36. The topological polar surface area (TPSA) is 37.3 Å². The van der Waals surface area contributed by atoms with Crippen LogP contribution in [0.3, 0.4) is 0 Å². The third-order valence-electron chi connectivity index (χ3n) is 1.70. The van der Waals surface area contributed by atoms with Crippen LogP contribution < -0.4 is 0 Å². The first kappa shape index (κ1) is 11.2. The lowest BCUT2D eigenvalue weighted by Crippen LogP contribution is -2.07. The lowest BCUT2D eigenvalue weighted by atomic mass is 10.1. The van der Waals surface area contributed by atoms with Gasteiger partial charge in [-0.1, -0.05) is 0 Å². The largest absolute Gasteiger partial charge is 0.416 e. The first-order valence-corrected chi connectivity index (χ1v) is 4.72. The van der Waals surface area contributed by atoms with E-state index in [9.17, 15) is 17.4 Å². The van der Waals surface area contributed by atoms with E-state index in [-0.39, 0.29) is 10.5 Å². The van der Waals surface area contributed by atoms with Crippen molar-refractivity contribution in [2.45, 2.75) is 18.0 Å². The summed E-state index contributed by atoms with van der Waals surface area (Å²) in [6.45, 7) is 1.25. The summed E-state index contributed by atoms with van der Waals surface area (Å²) < 4.78 is 55.9. The van der Waals surface area contributed by atoms with Gasteiger partial charge in [0, 0.05) is 0 Å². The van der Waals surface area contributed by atoms with Crippen LogP contribution in [0.5, 0.6) is 0 Å². The Bertz CT molecular complexity index is 373. The van der Waals surface area contributed by atoms with E-state index in [4.69, 9.17) is 4.55 Å². The van der Waals surface area contributed by atoms with Gasteiger partial charge in [-0.3, -0.25) is 0 Å². The van der Waals surface area contributed by atoms with Crippen LogP contribution in [0.1, 0.15) is 11.1 Å². The molecule has 1 aromatic carbocycles. The quantitative estimate of drug-likeness (QED) is 0.744. The van der Waals surface area contributed by atoms with E-state index < -0.39 is 22.8 Å². The highest BCUT2D eigenvalue weighted by atomic mass is 32.2. The lowest BCUT2D eigenvalue weighted by molar-refractivity contribution is -0.138. The molecule has 0 spiro atoms. The predicted molar refractivity (Wildman–Crippen MR) is 45.2 cm³/mol. The van der Waals surface area contributed by atoms with E-state index in [2.05, 4.69) is 0 Å². The maximum Gasteiger partial charge on any atom is 0.416 e. The second-order valence-electron chi connectivity index (χ2n) is 2.72. The van der Waals surface area contributed by atoms with Gasteiger partial charge in [-0.25, -0.2) is 4.21 Å². The second-order valence-corrected chi connectivity index (χ2v) is 3.69. The number of benzene rings is 1. The number of aryl methyl sites for hydroxylation is 1. The van der Waals surface area contributed by atoms with E-state index in [1.807, 2.05) is 0 Å². The molecule has 0 aliphatic carbocycles. The average molecular weight is 224 g/mol. The van der Waals surface area contributed by atoms with Crippen molar-refractivity contribution in [2.24, 2.45) is 0 Å². The normalized spacial score (nSPS) is 14.1. The first-order chi connectivity index (χ1) is 6.32. The number of hydrogen-bond donors (Lipinski definition) is 1. The van der Waals surface area contributed by atoms with Crippen LogP contribution in [-0.4, -0.2) is 8.76 Å². The Labute approximate surface area is 81.0 Å². The fourth-order valence-corrected chi connectivity index (χ4v) is 1.52. The highest BCUT2D eigenvalue weighted by Gasteiger charge is 2.32. The van der Waals surface area contributed by atoms with Crippen molar-refractivity contribution in [2.75, 3.05) is 0 Å². The summed E-state index contributed by atoms with van der Waals surface area (Å²) in [5.41, 5.74) is -0.843. The van der Waals surface area contributed by atoms with Crippen molar-refractivity contribution in [3.63, 3.8) is 0 Å². The average Bonchev–Trinajstić information content (AvgIpc) is 2.01. The van der Waals surface area contributed by atoms with E-state index in [1.54, 1.807) is 0 Å². The van der Waals surface area contributed by atoms with Crippen LogP contribution in [0.25, 0.3) is 0 Å². The van der Waals surface area contributed by atoms with Crippen molar-refractivity contribution < 1.29 is 21.9 Å². The van der Waals surface area contributed by atoms with Crippen molar-refractivity contribution >= 4 is 11.1 Å². The Hall–Kier alpha value is -0.880. The zero-order valence-electron chi connectivity index (χ0n) is 7.13. The van der Waals surface area contributed by atoms with Crippen LogP contribution in [0, 0.1) is 6.92 Å². The van der Waals surface area contributed by atoms with Crippen molar-refractivity contribution in [1.29, 1.82) is 0 Å². The molecule has 0 fully saturated rings. The molecule has 14 heavy (non-hydrogen) atoms. The molecule has 0 aliphatic rings. The zero-order valence-corrected chi connectivity index (χ0v) is 7.95. The lowest BCUT2D eigenvalue weighted by Gasteiger charge is -2.10. The van der Waals surface area contributed by atoms with Crippen LogP contribution >= 0.6 is 0 Å². The second kappa shape index (κ2) is 3.70. The Balaban J connectivity index is 3.21. The van der Waals surface area contributed by atoms with Gasteiger partial charge in [-0.15, -0.1) is 0 Å². The molecule has 1 aromatic rings. The maximum absolute atomic E-state index is 12.2. The minimum Gasteiger partial charge on any atom is -0.302 e. The molecule has 0 saturated carbocycles. The number of hydrogen-bond acceptors (Lipinski definition) is 1. The van der Waals surface area contributed by atoms with Gasteiger partial charge in [0.1, 0.15) is 0 Å². The van der Waals surface area contributed by atoms with Crippen molar-refractivity contribution in [3.8, 4) is 0 Å².